The van der Waals surface area contributed by atoms with Crippen LogP contribution in [0.1, 0.15) is 52.9 Å². The van der Waals surface area contributed by atoms with Gasteiger partial charge in [-0.2, -0.15) is 0 Å². The van der Waals surface area contributed by atoms with Gasteiger partial charge in [-0.05, 0) is 33.6 Å². The molecule has 0 radical (unpaired) electrons. The number of cyclic esters (lactones) is 1. The number of rotatable bonds is 0. The second kappa shape index (κ2) is 5.50. The van der Waals surface area contributed by atoms with Crippen LogP contribution in [0.4, 0.5) is 0 Å². The van der Waals surface area contributed by atoms with Crippen molar-refractivity contribution < 1.29 is 14.3 Å². The molecule has 1 aliphatic heterocycles. The van der Waals surface area contributed by atoms with Gasteiger partial charge in [0.15, 0.2) is 0 Å². The van der Waals surface area contributed by atoms with E-state index in [9.17, 15) is 4.79 Å². The Hall–Kier alpha value is -0.570. The Kier molecular flexibility index (Phi) is 4.58. The van der Waals surface area contributed by atoms with Gasteiger partial charge >= 0.3 is 5.97 Å². The monoisotopic (exact) mass is 214 g/mol. The predicted octanol–water partition coefficient (Wildman–Crippen LogP) is 2.68. The highest BCUT2D eigenvalue weighted by atomic mass is 16.5. The van der Waals surface area contributed by atoms with Crippen molar-refractivity contribution in [2.24, 2.45) is 0 Å². The average molecular weight is 214 g/mol. The number of ether oxygens (including phenoxy) is 2. The molecule has 0 N–H and O–H groups in total. The molecule has 0 aromatic rings. The van der Waals surface area contributed by atoms with Crippen LogP contribution in [0.2, 0.25) is 0 Å². The summed E-state index contributed by atoms with van der Waals surface area (Å²) in [5.74, 6) is -0.0693. The predicted molar refractivity (Wildman–Crippen MR) is 58.7 cm³/mol. The average Bonchev–Trinajstić information content (AvgIpc) is 2.10. The lowest BCUT2D eigenvalue weighted by Gasteiger charge is -2.28. The minimum absolute atomic E-state index is 0.0504. The van der Waals surface area contributed by atoms with Crippen molar-refractivity contribution in [1.29, 1.82) is 0 Å². The van der Waals surface area contributed by atoms with E-state index in [1.807, 2.05) is 6.92 Å². The van der Waals surface area contributed by atoms with Gasteiger partial charge in [0, 0.05) is 19.4 Å². The zero-order chi connectivity index (χ0) is 11.3. The highest BCUT2D eigenvalue weighted by Crippen LogP contribution is 2.20. The van der Waals surface area contributed by atoms with E-state index in [1.54, 1.807) is 0 Å². The molecule has 1 aliphatic rings. The topological polar surface area (TPSA) is 35.5 Å². The standard InChI is InChI=1S/C12H22O3/c1-10-9-12(2,3)14-8-6-4-5-7-11(13)15-10/h10H,4-9H2,1-3H3. The van der Waals surface area contributed by atoms with Crippen molar-refractivity contribution in [3.63, 3.8) is 0 Å². The van der Waals surface area contributed by atoms with Gasteiger partial charge in [0.2, 0.25) is 0 Å². The van der Waals surface area contributed by atoms with E-state index in [1.165, 1.54) is 0 Å². The number of esters is 1. The number of hydrogen-bond acceptors (Lipinski definition) is 3. The maximum atomic E-state index is 11.4. The van der Waals surface area contributed by atoms with E-state index in [4.69, 9.17) is 9.47 Å². The van der Waals surface area contributed by atoms with Crippen LogP contribution in [-0.2, 0) is 14.3 Å². The van der Waals surface area contributed by atoms with Gasteiger partial charge in [-0.3, -0.25) is 4.79 Å². The van der Waals surface area contributed by atoms with E-state index in [0.29, 0.717) is 6.42 Å². The van der Waals surface area contributed by atoms with Gasteiger partial charge in [0.05, 0.1) is 5.60 Å². The lowest BCUT2D eigenvalue weighted by molar-refractivity contribution is -0.151. The minimum atomic E-state index is -0.190. The van der Waals surface area contributed by atoms with Gasteiger partial charge in [0.25, 0.3) is 0 Å². The number of hydrogen-bond donors (Lipinski definition) is 0. The van der Waals surface area contributed by atoms with Crippen LogP contribution in [0.5, 0.6) is 0 Å². The lowest BCUT2D eigenvalue weighted by Crippen LogP contribution is -2.31. The summed E-state index contributed by atoms with van der Waals surface area (Å²) in [6, 6.07) is 0. The van der Waals surface area contributed by atoms with Crippen molar-refractivity contribution >= 4 is 5.97 Å². The fourth-order valence-corrected chi connectivity index (χ4v) is 1.97. The zero-order valence-corrected chi connectivity index (χ0v) is 10.0. The Labute approximate surface area is 92.1 Å². The smallest absolute Gasteiger partial charge is 0.306 e. The largest absolute Gasteiger partial charge is 0.463 e. The molecule has 0 aromatic heterocycles. The molecule has 0 aromatic carbocycles. The Morgan fingerprint density at radius 2 is 2.00 bits per heavy atom. The molecule has 1 fully saturated rings. The Bertz CT molecular complexity index is 211. The molecule has 0 aliphatic carbocycles. The molecule has 0 amide bonds. The van der Waals surface area contributed by atoms with Gasteiger partial charge in [-0.15, -0.1) is 0 Å². The third kappa shape index (κ3) is 5.17. The van der Waals surface area contributed by atoms with Gasteiger partial charge in [0.1, 0.15) is 6.10 Å². The van der Waals surface area contributed by atoms with Crippen LogP contribution < -0.4 is 0 Å². The zero-order valence-electron chi connectivity index (χ0n) is 10.0. The van der Waals surface area contributed by atoms with Crippen LogP contribution >= 0.6 is 0 Å². The molecule has 15 heavy (non-hydrogen) atoms. The highest BCUT2D eigenvalue weighted by molar-refractivity contribution is 5.69. The molecule has 1 saturated heterocycles. The molecule has 3 nitrogen and oxygen atoms in total. The molecule has 1 atom stereocenters. The van der Waals surface area contributed by atoms with Crippen LogP contribution in [-0.4, -0.2) is 24.3 Å². The fraction of sp³-hybridized carbons (Fsp3) is 0.917. The Balaban J connectivity index is 2.53. The van der Waals surface area contributed by atoms with Crippen LogP contribution in [0.3, 0.4) is 0 Å². The van der Waals surface area contributed by atoms with Crippen LogP contribution in [0.25, 0.3) is 0 Å². The SMILES string of the molecule is CC1CC(C)(C)OCCCCCC(=O)O1. The van der Waals surface area contributed by atoms with E-state index < -0.39 is 0 Å². The maximum Gasteiger partial charge on any atom is 0.306 e. The molecule has 3 heteroatoms. The molecule has 0 bridgehead atoms. The first-order valence-corrected chi connectivity index (χ1v) is 5.83. The first kappa shape index (κ1) is 12.5. The first-order chi connectivity index (χ1) is 6.99. The molecule has 1 heterocycles. The van der Waals surface area contributed by atoms with Crippen molar-refractivity contribution in [1.82, 2.24) is 0 Å². The second-order valence-corrected chi connectivity index (χ2v) is 4.92. The maximum absolute atomic E-state index is 11.4. The molecular formula is C12H22O3. The number of carbonyl (C=O) groups is 1. The lowest BCUT2D eigenvalue weighted by atomic mass is 10.0. The summed E-state index contributed by atoms with van der Waals surface area (Å²) in [6.07, 6.45) is 4.24. The summed E-state index contributed by atoms with van der Waals surface area (Å²) >= 11 is 0. The van der Waals surface area contributed by atoms with Crippen molar-refractivity contribution in [3.8, 4) is 0 Å². The Morgan fingerprint density at radius 1 is 1.27 bits per heavy atom. The third-order valence-electron chi connectivity index (χ3n) is 2.63. The summed E-state index contributed by atoms with van der Waals surface area (Å²) in [5, 5.41) is 0. The molecule has 1 rings (SSSR count). The van der Waals surface area contributed by atoms with E-state index in [0.717, 1.165) is 32.3 Å². The second-order valence-electron chi connectivity index (χ2n) is 4.92. The van der Waals surface area contributed by atoms with Gasteiger partial charge < -0.3 is 9.47 Å². The highest BCUT2D eigenvalue weighted by Gasteiger charge is 2.24. The fourth-order valence-electron chi connectivity index (χ4n) is 1.97. The van der Waals surface area contributed by atoms with E-state index >= 15 is 0 Å². The number of carbonyl (C=O) groups excluding carboxylic acids is 1. The minimum Gasteiger partial charge on any atom is -0.463 e. The normalized spacial score (nSPS) is 29.0. The molecular weight excluding hydrogens is 192 g/mol. The molecule has 0 saturated carbocycles. The Morgan fingerprint density at radius 3 is 2.73 bits per heavy atom. The van der Waals surface area contributed by atoms with Gasteiger partial charge in [-0.1, -0.05) is 6.42 Å². The molecule has 1 unspecified atom stereocenters. The summed E-state index contributed by atoms with van der Waals surface area (Å²) in [6.45, 7) is 6.82. The third-order valence-corrected chi connectivity index (χ3v) is 2.63. The summed E-state index contributed by atoms with van der Waals surface area (Å²) in [4.78, 5) is 11.4. The van der Waals surface area contributed by atoms with E-state index in [-0.39, 0.29) is 17.7 Å². The van der Waals surface area contributed by atoms with Crippen molar-refractivity contribution in [3.05, 3.63) is 0 Å². The summed E-state index contributed by atoms with van der Waals surface area (Å²) in [7, 11) is 0. The summed E-state index contributed by atoms with van der Waals surface area (Å²) in [5.41, 5.74) is -0.190. The molecule has 0 spiro atoms. The van der Waals surface area contributed by atoms with Crippen LogP contribution in [0, 0.1) is 0 Å². The molecule has 88 valence electrons. The van der Waals surface area contributed by atoms with E-state index in [2.05, 4.69) is 13.8 Å². The van der Waals surface area contributed by atoms with Crippen molar-refractivity contribution in [2.75, 3.05) is 6.61 Å². The van der Waals surface area contributed by atoms with Gasteiger partial charge in [-0.25, -0.2) is 0 Å². The van der Waals surface area contributed by atoms with Crippen LogP contribution in [0.15, 0.2) is 0 Å². The quantitative estimate of drug-likeness (QED) is 0.581. The first-order valence-electron chi connectivity index (χ1n) is 5.83. The van der Waals surface area contributed by atoms with Crippen molar-refractivity contribution in [2.45, 2.75) is 64.6 Å². The summed E-state index contributed by atoms with van der Waals surface area (Å²) < 4.78 is 11.1.